The summed E-state index contributed by atoms with van der Waals surface area (Å²) in [5.41, 5.74) is 1.01. The van der Waals surface area contributed by atoms with Crippen LogP contribution in [0.25, 0.3) is 10.2 Å². The second kappa shape index (κ2) is 9.12. The smallest absolute Gasteiger partial charge is 0.349 e. The molecule has 2 aromatic heterocycles. The molecule has 3 aromatic rings. The molecule has 0 aliphatic carbocycles. The highest BCUT2D eigenvalue weighted by atomic mass is 32.1. The number of nitrogens with zero attached hydrogens (tertiary/aromatic N) is 2. The Balaban J connectivity index is 1.53. The maximum Gasteiger partial charge on any atom is 0.349 e. The molecule has 1 unspecified atom stereocenters. The summed E-state index contributed by atoms with van der Waals surface area (Å²) in [6.45, 7) is 3.88. The summed E-state index contributed by atoms with van der Waals surface area (Å²) in [4.78, 5) is 43.9. The van der Waals surface area contributed by atoms with Crippen molar-refractivity contribution in [3.63, 3.8) is 0 Å². The highest BCUT2D eigenvalue weighted by Crippen LogP contribution is 2.29. The van der Waals surface area contributed by atoms with Crippen molar-refractivity contribution in [2.45, 2.75) is 52.2 Å². The van der Waals surface area contributed by atoms with Gasteiger partial charge in [0, 0.05) is 18.7 Å². The number of methoxy groups -OCH3 is 1. The van der Waals surface area contributed by atoms with Gasteiger partial charge in [-0.25, -0.2) is 9.78 Å². The van der Waals surface area contributed by atoms with Gasteiger partial charge in [0.05, 0.1) is 12.5 Å². The molecule has 8 nitrogen and oxygen atoms in total. The second-order valence-electron chi connectivity index (χ2n) is 7.80. The molecule has 9 heteroatoms. The van der Waals surface area contributed by atoms with E-state index in [4.69, 9.17) is 9.47 Å². The summed E-state index contributed by atoms with van der Waals surface area (Å²) in [6.07, 6.45) is 2.75. The number of hydrogen-bond donors (Lipinski definition) is 1. The van der Waals surface area contributed by atoms with Gasteiger partial charge >= 0.3 is 5.97 Å². The van der Waals surface area contributed by atoms with Crippen LogP contribution in [-0.2, 0) is 22.5 Å². The second-order valence-corrected chi connectivity index (χ2v) is 8.80. The molecule has 0 fully saturated rings. The molecule has 0 radical (unpaired) electrons. The summed E-state index contributed by atoms with van der Waals surface area (Å²) >= 11 is 1.14. The third-order valence-electron chi connectivity index (χ3n) is 5.61. The van der Waals surface area contributed by atoms with Crippen LogP contribution in [0.4, 0.5) is 5.69 Å². The molecule has 1 N–H and O–H groups in total. The number of rotatable bonds is 5. The maximum atomic E-state index is 13.1. The van der Waals surface area contributed by atoms with Crippen LogP contribution in [0.3, 0.4) is 0 Å². The first-order valence-corrected chi connectivity index (χ1v) is 11.4. The van der Waals surface area contributed by atoms with Crippen molar-refractivity contribution in [2.24, 2.45) is 0 Å². The van der Waals surface area contributed by atoms with Crippen LogP contribution in [0.2, 0.25) is 0 Å². The van der Waals surface area contributed by atoms with Crippen molar-refractivity contribution < 1.29 is 19.1 Å². The van der Waals surface area contributed by atoms with E-state index in [1.165, 1.54) is 6.92 Å². The van der Waals surface area contributed by atoms with Gasteiger partial charge in [-0.05, 0) is 56.5 Å². The van der Waals surface area contributed by atoms with Gasteiger partial charge in [-0.15, -0.1) is 11.3 Å². The quantitative estimate of drug-likeness (QED) is 0.589. The maximum absolute atomic E-state index is 13.1. The van der Waals surface area contributed by atoms with Gasteiger partial charge in [0.2, 0.25) is 0 Å². The molecule has 1 amide bonds. The first kappa shape index (κ1) is 22.0. The number of thiophene rings is 1. The highest BCUT2D eigenvalue weighted by Gasteiger charge is 2.26. The zero-order valence-electron chi connectivity index (χ0n) is 18.3. The number of nitrogens with one attached hydrogen (secondary N) is 1. The number of carbonyl (C=O) groups is 2. The fraction of sp³-hybridized carbons (Fsp3) is 0.391. The Hall–Kier alpha value is -3.20. The third kappa shape index (κ3) is 4.25. The van der Waals surface area contributed by atoms with E-state index >= 15 is 0 Å². The van der Waals surface area contributed by atoms with Crippen molar-refractivity contribution >= 4 is 39.1 Å². The molecule has 1 aromatic carbocycles. The van der Waals surface area contributed by atoms with Gasteiger partial charge in [0.15, 0.2) is 6.10 Å². The van der Waals surface area contributed by atoms with E-state index < -0.39 is 18.0 Å². The van der Waals surface area contributed by atoms with Gasteiger partial charge in [-0.1, -0.05) is 6.42 Å². The van der Waals surface area contributed by atoms with Crippen LogP contribution < -0.4 is 15.6 Å². The SMILES string of the molecule is COc1ccc(NC(=O)C(C)OC(=O)c2sc3nc4n(c(=O)c3c2C)CCCCC4)cc1. The first-order chi connectivity index (χ1) is 15.4. The van der Waals surface area contributed by atoms with Gasteiger partial charge < -0.3 is 14.8 Å². The van der Waals surface area contributed by atoms with Crippen molar-refractivity contribution in [1.82, 2.24) is 9.55 Å². The Labute approximate surface area is 189 Å². The normalized spacial score (nSPS) is 14.3. The predicted molar refractivity (Wildman–Crippen MR) is 123 cm³/mol. The molecule has 0 saturated heterocycles. The lowest BCUT2D eigenvalue weighted by Crippen LogP contribution is -2.30. The van der Waals surface area contributed by atoms with E-state index in [1.54, 1.807) is 42.9 Å². The van der Waals surface area contributed by atoms with Crippen molar-refractivity contribution in [2.75, 3.05) is 12.4 Å². The number of anilines is 1. The van der Waals surface area contributed by atoms with E-state index in [-0.39, 0.29) is 5.56 Å². The summed E-state index contributed by atoms with van der Waals surface area (Å²) in [5.74, 6) is 0.354. The van der Waals surface area contributed by atoms with Gasteiger partial charge in [0.1, 0.15) is 21.3 Å². The Kier molecular flexibility index (Phi) is 6.27. The number of esters is 1. The molecule has 168 valence electrons. The number of aromatic nitrogens is 2. The molecule has 4 rings (SSSR count). The fourth-order valence-corrected chi connectivity index (χ4v) is 4.86. The molecule has 0 saturated carbocycles. The number of carbonyl (C=O) groups excluding carboxylic acids is 2. The predicted octanol–water partition coefficient (Wildman–Crippen LogP) is 3.69. The first-order valence-electron chi connectivity index (χ1n) is 10.6. The highest BCUT2D eigenvalue weighted by molar-refractivity contribution is 7.20. The Morgan fingerprint density at radius 3 is 2.66 bits per heavy atom. The van der Waals surface area contributed by atoms with Crippen molar-refractivity contribution in [1.29, 1.82) is 0 Å². The number of fused-ring (bicyclic) bond motifs is 2. The number of benzene rings is 1. The molecular weight excluding hydrogens is 430 g/mol. The molecule has 1 atom stereocenters. The van der Waals surface area contributed by atoms with E-state index in [1.807, 2.05) is 0 Å². The minimum atomic E-state index is -1.01. The topological polar surface area (TPSA) is 99.5 Å². The standard InChI is InChI=1S/C23H25N3O5S/c1-13-18-21(25-17-7-5-4-6-12-26(17)22(18)28)32-19(13)23(29)31-14(2)20(27)24-15-8-10-16(30-3)11-9-15/h8-11,14H,4-7,12H2,1-3H3,(H,24,27). The van der Waals surface area contributed by atoms with Gasteiger partial charge in [-0.2, -0.15) is 0 Å². The van der Waals surface area contributed by atoms with Gasteiger partial charge in [0.25, 0.3) is 11.5 Å². The lowest BCUT2D eigenvalue weighted by molar-refractivity contribution is -0.123. The molecule has 0 bridgehead atoms. The summed E-state index contributed by atoms with van der Waals surface area (Å²) in [5, 5.41) is 3.17. The van der Waals surface area contributed by atoms with Crippen molar-refractivity contribution in [3.8, 4) is 5.75 Å². The average molecular weight is 456 g/mol. The van der Waals surface area contributed by atoms with Crippen LogP contribution >= 0.6 is 11.3 Å². The molecular formula is C23H25N3O5S. The van der Waals surface area contributed by atoms with E-state index in [9.17, 15) is 14.4 Å². The number of amides is 1. The number of aryl methyl sites for hydroxylation is 2. The monoisotopic (exact) mass is 455 g/mol. The molecule has 1 aliphatic heterocycles. The third-order valence-corrected chi connectivity index (χ3v) is 6.77. The number of hydrogen-bond acceptors (Lipinski definition) is 7. The minimum absolute atomic E-state index is 0.106. The summed E-state index contributed by atoms with van der Waals surface area (Å²) in [6, 6.07) is 6.84. The molecule has 0 spiro atoms. The van der Waals surface area contributed by atoms with E-state index in [0.29, 0.717) is 38.6 Å². The lowest BCUT2D eigenvalue weighted by atomic mass is 10.2. The van der Waals surface area contributed by atoms with Crippen LogP contribution in [0.5, 0.6) is 5.75 Å². The zero-order chi connectivity index (χ0) is 22.8. The van der Waals surface area contributed by atoms with E-state index in [0.717, 1.165) is 42.8 Å². The lowest BCUT2D eigenvalue weighted by Gasteiger charge is -2.13. The summed E-state index contributed by atoms with van der Waals surface area (Å²) < 4.78 is 12.2. The molecule has 3 heterocycles. The fourth-order valence-electron chi connectivity index (χ4n) is 3.79. The van der Waals surface area contributed by atoms with Gasteiger partial charge in [-0.3, -0.25) is 14.2 Å². The summed E-state index contributed by atoms with van der Waals surface area (Å²) in [7, 11) is 1.56. The zero-order valence-corrected chi connectivity index (χ0v) is 19.1. The Morgan fingerprint density at radius 2 is 1.94 bits per heavy atom. The van der Waals surface area contributed by atoms with Crippen LogP contribution in [0.15, 0.2) is 29.1 Å². The van der Waals surface area contributed by atoms with Crippen LogP contribution in [0, 0.1) is 6.92 Å². The minimum Gasteiger partial charge on any atom is -0.497 e. The van der Waals surface area contributed by atoms with E-state index in [2.05, 4.69) is 10.3 Å². The average Bonchev–Trinajstić information content (AvgIpc) is 2.95. The number of ether oxygens (including phenoxy) is 2. The van der Waals surface area contributed by atoms with Crippen molar-refractivity contribution in [3.05, 3.63) is 50.9 Å². The Bertz CT molecular complexity index is 1230. The Morgan fingerprint density at radius 1 is 1.19 bits per heavy atom. The largest absolute Gasteiger partial charge is 0.497 e. The molecule has 1 aliphatic rings. The molecule has 32 heavy (non-hydrogen) atoms. The van der Waals surface area contributed by atoms with Crippen LogP contribution in [-0.4, -0.2) is 34.6 Å². The van der Waals surface area contributed by atoms with Crippen LogP contribution in [0.1, 0.15) is 47.2 Å².